The number of alkyl carbamates (subject to hydrolysis) is 1. The molecular weight excluding hydrogens is 448 g/mol. The van der Waals surface area contributed by atoms with Gasteiger partial charge in [0.2, 0.25) is 0 Å². The number of piperidine rings is 1. The largest absolute Gasteiger partial charge is 0.490 e. The van der Waals surface area contributed by atoms with E-state index in [-0.39, 0.29) is 12.1 Å². The highest BCUT2D eigenvalue weighted by atomic mass is 32.1. The van der Waals surface area contributed by atoms with Gasteiger partial charge in [0.25, 0.3) is 0 Å². The molecule has 0 aliphatic carbocycles. The highest BCUT2D eigenvalue weighted by molar-refractivity contribution is 7.03. The summed E-state index contributed by atoms with van der Waals surface area (Å²) in [6.45, 7) is 6.82. The van der Waals surface area contributed by atoms with E-state index in [0.29, 0.717) is 19.8 Å². The fourth-order valence-corrected chi connectivity index (χ4v) is 4.48. The molecule has 1 N–H and O–H groups in total. The topological polar surface area (TPSA) is 76.6 Å². The summed E-state index contributed by atoms with van der Waals surface area (Å²) in [6.07, 6.45) is 4.69. The summed E-state index contributed by atoms with van der Waals surface area (Å²) in [6, 6.07) is 16.3. The van der Waals surface area contributed by atoms with E-state index >= 15 is 0 Å². The number of aromatic nitrogens is 2. The first kappa shape index (κ1) is 23.9. The number of hydrogen-bond acceptors (Lipinski definition) is 7. The summed E-state index contributed by atoms with van der Waals surface area (Å²) in [4.78, 5) is 14.7. The summed E-state index contributed by atoms with van der Waals surface area (Å²) in [5.41, 5.74) is 4.09. The van der Waals surface area contributed by atoms with Gasteiger partial charge in [0.1, 0.15) is 24.7 Å². The molecule has 0 bridgehead atoms. The normalized spacial score (nSPS) is 16.1. The van der Waals surface area contributed by atoms with Crippen LogP contribution in [0.4, 0.5) is 4.79 Å². The Kier molecular flexibility index (Phi) is 8.65. The maximum atomic E-state index is 12.3. The zero-order valence-corrected chi connectivity index (χ0v) is 20.0. The third-order valence-electron chi connectivity index (χ3n) is 5.88. The molecule has 7 nitrogen and oxygen atoms in total. The molecule has 4 rings (SSSR count). The van der Waals surface area contributed by atoms with Gasteiger partial charge in [-0.15, -0.1) is 5.10 Å². The second-order valence-corrected chi connectivity index (χ2v) is 8.91. The fourth-order valence-electron chi connectivity index (χ4n) is 4.02. The number of likely N-dealkylation sites (tertiary alicyclic amines) is 1. The van der Waals surface area contributed by atoms with Crippen LogP contribution >= 0.6 is 11.5 Å². The van der Waals surface area contributed by atoms with Crippen LogP contribution in [-0.4, -0.2) is 46.4 Å². The highest BCUT2D eigenvalue weighted by Crippen LogP contribution is 2.22. The van der Waals surface area contributed by atoms with Crippen molar-refractivity contribution >= 4 is 17.6 Å². The van der Waals surface area contributed by atoms with Crippen LogP contribution in [-0.2, 0) is 17.8 Å². The number of rotatable bonds is 10. The Hall–Kier alpha value is -3.23. The number of carbonyl (C=O) groups excluding carboxylic acids is 1. The Morgan fingerprint density at radius 3 is 2.68 bits per heavy atom. The summed E-state index contributed by atoms with van der Waals surface area (Å²) in [5, 5.41) is 8.84. The third kappa shape index (κ3) is 6.88. The first-order valence-electron chi connectivity index (χ1n) is 11.5. The Morgan fingerprint density at radius 1 is 1.15 bits per heavy atom. The Labute approximate surface area is 204 Å². The molecular formula is C26H30N4O3S. The Morgan fingerprint density at radius 2 is 1.94 bits per heavy atom. The lowest BCUT2D eigenvalue weighted by atomic mass is 10.0. The number of nitrogens with one attached hydrogen (secondary N) is 1. The molecule has 1 aliphatic heterocycles. The van der Waals surface area contributed by atoms with E-state index in [1.165, 1.54) is 17.1 Å². The van der Waals surface area contributed by atoms with Gasteiger partial charge in [0.05, 0.1) is 0 Å². The smallest absolute Gasteiger partial charge is 0.407 e. The van der Waals surface area contributed by atoms with Crippen LogP contribution in [0.1, 0.15) is 30.4 Å². The fraction of sp³-hybridized carbons (Fsp3) is 0.346. The van der Waals surface area contributed by atoms with Crippen LogP contribution in [0.25, 0.3) is 11.3 Å². The van der Waals surface area contributed by atoms with Gasteiger partial charge in [-0.3, -0.25) is 4.90 Å². The van der Waals surface area contributed by atoms with Crippen LogP contribution in [0, 0.1) is 0 Å². The minimum Gasteiger partial charge on any atom is -0.490 e. The number of carbonyl (C=O) groups is 1. The van der Waals surface area contributed by atoms with Gasteiger partial charge in [-0.1, -0.05) is 60.0 Å². The lowest BCUT2D eigenvalue weighted by Gasteiger charge is -2.35. The molecule has 3 aromatic rings. The number of ether oxygens (including phenoxy) is 2. The van der Waals surface area contributed by atoms with Crippen LogP contribution < -0.4 is 10.1 Å². The van der Waals surface area contributed by atoms with E-state index in [1.807, 2.05) is 41.8 Å². The van der Waals surface area contributed by atoms with Crippen molar-refractivity contribution in [3.8, 4) is 17.0 Å². The van der Waals surface area contributed by atoms with Crippen molar-refractivity contribution in [1.29, 1.82) is 0 Å². The molecule has 178 valence electrons. The predicted molar refractivity (Wildman–Crippen MR) is 134 cm³/mol. The molecule has 0 saturated carbocycles. The van der Waals surface area contributed by atoms with Gasteiger partial charge in [0, 0.05) is 30.1 Å². The van der Waals surface area contributed by atoms with Crippen LogP contribution in [0.2, 0.25) is 0 Å². The van der Waals surface area contributed by atoms with Crippen LogP contribution in [0.3, 0.4) is 0 Å². The monoisotopic (exact) mass is 478 g/mol. The average molecular weight is 479 g/mol. The van der Waals surface area contributed by atoms with Crippen molar-refractivity contribution in [2.45, 2.75) is 38.4 Å². The van der Waals surface area contributed by atoms with E-state index in [9.17, 15) is 4.79 Å². The second-order valence-electron chi connectivity index (χ2n) is 8.30. The van der Waals surface area contributed by atoms with Gasteiger partial charge < -0.3 is 14.8 Å². The maximum Gasteiger partial charge on any atom is 0.407 e. The molecule has 1 saturated heterocycles. The van der Waals surface area contributed by atoms with E-state index in [4.69, 9.17) is 9.47 Å². The molecule has 1 atom stereocenters. The molecule has 0 radical (unpaired) electrons. The summed E-state index contributed by atoms with van der Waals surface area (Å²) >= 11 is 1.33. The zero-order chi connectivity index (χ0) is 23.6. The van der Waals surface area contributed by atoms with Crippen molar-refractivity contribution in [2.75, 3.05) is 19.8 Å². The number of hydrogen-bond donors (Lipinski definition) is 1. The third-order valence-corrected chi connectivity index (χ3v) is 6.38. The predicted octanol–water partition coefficient (Wildman–Crippen LogP) is 5.05. The van der Waals surface area contributed by atoms with Gasteiger partial charge >= 0.3 is 6.09 Å². The number of nitrogens with zero attached hydrogens (tertiary/aromatic N) is 3. The molecule has 8 heteroatoms. The van der Waals surface area contributed by atoms with Gasteiger partial charge in [-0.05, 0) is 54.2 Å². The number of benzene rings is 2. The second kappa shape index (κ2) is 12.3. The van der Waals surface area contributed by atoms with Crippen molar-refractivity contribution in [2.24, 2.45) is 0 Å². The molecule has 1 unspecified atom stereocenters. The molecule has 0 spiro atoms. The Balaban J connectivity index is 1.22. The first-order valence-corrected chi connectivity index (χ1v) is 12.4. The summed E-state index contributed by atoms with van der Waals surface area (Å²) in [5.74, 6) is 0.841. The molecule has 2 heterocycles. The van der Waals surface area contributed by atoms with E-state index in [1.54, 1.807) is 6.08 Å². The summed E-state index contributed by atoms with van der Waals surface area (Å²) in [7, 11) is 0. The summed E-state index contributed by atoms with van der Waals surface area (Å²) < 4.78 is 15.0. The van der Waals surface area contributed by atoms with E-state index in [2.05, 4.69) is 38.5 Å². The molecule has 1 aromatic heterocycles. The van der Waals surface area contributed by atoms with Crippen molar-refractivity contribution in [1.82, 2.24) is 19.8 Å². The quantitative estimate of drug-likeness (QED) is 0.411. The first-order chi connectivity index (χ1) is 16.7. The minimum absolute atomic E-state index is 0.224. The van der Waals surface area contributed by atoms with E-state index < -0.39 is 0 Å². The lowest BCUT2D eigenvalue weighted by molar-refractivity contribution is 0.0638. The Bertz CT molecular complexity index is 1040. The average Bonchev–Trinajstić information content (AvgIpc) is 3.42. The van der Waals surface area contributed by atoms with Crippen molar-refractivity contribution in [3.05, 3.63) is 77.7 Å². The lowest BCUT2D eigenvalue weighted by Crippen LogP contribution is -2.43. The number of amides is 1. The molecule has 1 amide bonds. The molecule has 2 aromatic carbocycles. The van der Waals surface area contributed by atoms with Crippen LogP contribution in [0.5, 0.6) is 5.75 Å². The zero-order valence-electron chi connectivity index (χ0n) is 19.2. The van der Waals surface area contributed by atoms with Gasteiger partial charge in [0.15, 0.2) is 0 Å². The highest BCUT2D eigenvalue weighted by Gasteiger charge is 2.24. The SMILES string of the molecule is C=CCOc1ccc(CN2CCCCC2COC(=O)NCc2ccc(-c3csnn3)cc2)cc1. The molecule has 1 fully saturated rings. The molecule has 34 heavy (non-hydrogen) atoms. The van der Waals surface area contributed by atoms with Crippen LogP contribution in [0.15, 0.2) is 66.6 Å². The standard InChI is InChI=1S/C26H30N4O3S/c1-2-15-32-24-12-8-21(9-13-24)17-30-14-4-3-5-23(30)18-33-26(31)27-16-20-6-10-22(11-7-20)25-19-34-29-28-25/h2,6-13,19,23H,1,3-5,14-18H2,(H,27,31). The van der Waals surface area contributed by atoms with Crippen molar-refractivity contribution in [3.63, 3.8) is 0 Å². The van der Waals surface area contributed by atoms with E-state index in [0.717, 1.165) is 54.9 Å². The van der Waals surface area contributed by atoms with Crippen molar-refractivity contribution < 1.29 is 14.3 Å². The maximum absolute atomic E-state index is 12.3. The molecule has 1 aliphatic rings. The van der Waals surface area contributed by atoms with Gasteiger partial charge in [-0.2, -0.15) is 0 Å². The minimum atomic E-state index is -0.387. The van der Waals surface area contributed by atoms with Gasteiger partial charge in [-0.25, -0.2) is 4.79 Å².